The van der Waals surface area contributed by atoms with Gasteiger partial charge in [-0.15, -0.1) is 0 Å². The molecule has 0 amide bonds. The summed E-state index contributed by atoms with van der Waals surface area (Å²) in [7, 11) is 0. The van der Waals surface area contributed by atoms with Gasteiger partial charge in [0, 0.05) is 18.0 Å². The maximum absolute atomic E-state index is 4.43. The van der Waals surface area contributed by atoms with E-state index in [1.165, 1.54) is 81.8 Å². The zero-order valence-electron chi connectivity index (χ0n) is 19.0. The minimum absolute atomic E-state index is 0.613. The summed E-state index contributed by atoms with van der Waals surface area (Å²) in [4.78, 5) is 8.85. The van der Waals surface area contributed by atoms with Crippen LogP contribution >= 0.6 is 0 Å². The number of aryl methyl sites for hydroxylation is 1. The highest BCUT2D eigenvalue weighted by atomic mass is 14.8. The number of rotatable bonds is 9. The minimum atomic E-state index is 0.613. The van der Waals surface area contributed by atoms with E-state index in [1.807, 2.05) is 12.4 Å². The first-order valence-electron chi connectivity index (χ1n) is 12.2. The third-order valence-corrected chi connectivity index (χ3v) is 6.54. The van der Waals surface area contributed by atoms with Crippen molar-refractivity contribution in [2.45, 2.75) is 96.8 Å². The van der Waals surface area contributed by atoms with E-state index in [0.717, 1.165) is 23.8 Å². The highest BCUT2D eigenvalue weighted by molar-refractivity contribution is 5.40. The first-order valence-corrected chi connectivity index (χ1v) is 12.2. The van der Waals surface area contributed by atoms with Gasteiger partial charge in [0.2, 0.25) is 5.82 Å². The van der Waals surface area contributed by atoms with E-state index in [-0.39, 0.29) is 0 Å². The second-order valence-corrected chi connectivity index (χ2v) is 8.96. The summed E-state index contributed by atoms with van der Waals surface area (Å²) < 4.78 is 0. The highest BCUT2D eigenvalue weighted by Gasteiger charge is 2.21. The largest absolute Gasteiger partial charge is 0.229 e. The lowest BCUT2D eigenvalue weighted by molar-refractivity contribution is 0.304. The fourth-order valence-electron chi connectivity index (χ4n) is 4.55. The Morgan fingerprint density at radius 2 is 1.50 bits per heavy atom. The molecule has 2 aromatic rings. The summed E-state index contributed by atoms with van der Waals surface area (Å²) in [6.45, 7) is 4.54. The van der Waals surface area contributed by atoms with Gasteiger partial charge in [-0.05, 0) is 79.5 Å². The molecule has 0 spiro atoms. The molecular formula is C28H38N2. The summed E-state index contributed by atoms with van der Waals surface area (Å²) in [6, 6.07) is 8.88. The summed E-state index contributed by atoms with van der Waals surface area (Å²) in [6.07, 6.45) is 19.7. The lowest BCUT2D eigenvalue weighted by Crippen LogP contribution is -2.13. The van der Waals surface area contributed by atoms with Gasteiger partial charge in [0.25, 0.3) is 0 Å². The standard InChI is InChI=1S/C28H38N2/c1-3-5-7-8-10-25-21-29-28(30-22-25)20-15-24-13-18-27(19-14-24)26-16-11-23(12-17-26)9-6-4-2/h13-14,18-19,21-23,26H,3-12,16-17H2,1-2H3. The molecule has 2 heteroatoms. The van der Waals surface area contributed by atoms with Crippen LogP contribution in [0, 0.1) is 17.8 Å². The van der Waals surface area contributed by atoms with Crippen molar-refractivity contribution in [2.24, 2.45) is 5.92 Å². The number of unbranched alkanes of at least 4 members (excludes halogenated alkanes) is 4. The Balaban J connectivity index is 1.49. The lowest BCUT2D eigenvalue weighted by Gasteiger charge is -2.28. The van der Waals surface area contributed by atoms with Crippen LogP contribution in [-0.2, 0) is 6.42 Å². The molecule has 1 aromatic carbocycles. The van der Waals surface area contributed by atoms with Gasteiger partial charge < -0.3 is 0 Å². The van der Waals surface area contributed by atoms with Crippen molar-refractivity contribution in [3.63, 3.8) is 0 Å². The molecule has 0 saturated heterocycles. The quantitative estimate of drug-likeness (QED) is 0.321. The number of benzene rings is 1. The average molecular weight is 403 g/mol. The molecule has 1 heterocycles. The van der Waals surface area contributed by atoms with Crippen LogP contribution < -0.4 is 0 Å². The highest BCUT2D eigenvalue weighted by Crippen LogP contribution is 2.37. The number of nitrogens with zero attached hydrogens (tertiary/aromatic N) is 2. The van der Waals surface area contributed by atoms with Gasteiger partial charge in [-0.2, -0.15) is 0 Å². The Kier molecular flexibility index (Phi) is 9.42. The van der Waals surface area contributed by atoms with E-state index in [9.17, 15) is 0 Å². The van der Waals surface area contributed by atoms with Gasteiger partial charge in [-0.25, -0.2) is 9.97 Å². The van der Waals surface area contributed by atoms with Crippen LogP contribution in [0.5, 0.6) is 0 Å². The Hall–Kier alpha value is -2.14. The van der Waals surface area contributed by atoms with Gasteiger partial charge >= 0.3 is 0 Å². The number of hydrogen-bond acceptors (Lipinski definition) is 2. The molecule has 0 unspecified atom stereocenters. The molecular weight excluding hydrogens is 364 g/mol. The molecule has 1 aliphatic rings. The molecule has 1 aromatic heterocycles. The lowest BCUT2D eigenvalue weighted by atomic mass is 9.77. The summed E-state index contributed by atoms with van der Waals surface area (Å²) >= 11 is 0. The summed E-state index contributed by atoms with van der Waals surface area (Å²) in [5.41, 5.74) is 3.74. The Morgan fingerprint density at radius 1 is 0.800 bits per heavy atom. The van der Waals surface area contributed by atoms with Crippen molar-refractivity contribution in [1.29, 1.82) is 0 Å². The molecule has 3 rings (SSSR count). The molecule has 160 valence electrons. The molecule has 0 N–H and O–H groups in total. The Bertz CT molecular complexity index is 787. The number of aromatic nitrogens is 2. The molecule has 0 radical (unpaired) electrons. The van der Waals surface area contributed by atoms with E-state index in [4.69, 9.17) is 0 Å². The van der Waals surface area contributed by atoms with E-state index in [0.29, 0.717) is 5.82 Å². The first-order chi connectivity index (χ1) is 14.8. The normalized spacial score (nSPS) is 18.6. The van der Waals surface area contributed by atoms with Crippen molar-refractivity contribution in [3.05, 3.63) is 59.2 Å². The van der Waals surface area contributed by atoms with Crippen LogP contribution in [0.3, 0.4) is 0 Å². The topological polar surface area (TPSA) is 25.8 Å². The van der Waals surface area contributed by atoms with E-state index in [1.54, 1.807) is 0 Å². The molecule has 1 aliphatic carbocycles. The fraction of sp³-hybridized carbons (Fsp3) is 0.571. The second-order valence-electron chi connectivity index (χ2n) is 8.96. The van der Waals surface area contributed by atoms with Gasteiger partial charge in [0.15, 0.2) is 0 Å². The van der Waals surface area contributed by atoms with Crippen LogP contribution in [-0.4, -0.2) is 9.97 Å². The second kappa shape index (κ2) is 12.5. The van der Waals surface area contributed by atoms with Crippen molar-refractivity contribution >= 4 is 0 Å². The van der Waals surface area contributed by atoms with Crippen molar-refractivity contribution < 1.29 is 0 Å². The summed E-state index contributed by atoms with van der Waals surface area (Å²) in [5, 5.41) is 0. The molecule has 1 fully saturated rings. The SMILES string of the molecule is CCCCCCc1cnc(C#Cc2ccc(C3CCC(CCCC)CC3)cc2)nc1. The maximum atomic E-state index is 4.43. The molecule has 1 saturated carbocycles. The van der Waals surface area contributed by atoms with Crippen LogP contribution in [0.4, 0.5) is 0 Å². The zero-order chi connectivity index (χ0) is 21.0. The smallest absolute Gasteiger partial charge is 0.205 e. The van der Waals surface area contributed by atoms with Crippen LogP contribution in [0.15, 0.2) is 36.7 Å². The molecule has 0 atom stereocenters. The van der Waals surface area contributed by atoms with Crippen LogP contribution in [0.1, 0.15) is 113 Å². The van der Waals surface area contributed by atoms with Gasteiger partial charge in [0.1, 0.15) is 0 Å². The summed E-state index contributed by atoms with van der Waals surface area (Å²) in [5.74, 6) is 8.66. The molecule has 0 bridgehead atoms. The zero-order valence-corrected chi connectivity index (χ0v) is 19.0. The number of hydrogen-bond donors (Lipinski definition) is 0. The minimum Gasteiger partial charge on any atom is -0.229 e. The first kappa shape index (κ1) is 22.5. The predicted molar refractivity (Wildman–Crippen MR) is 127 cm³/mol. The third-order valence-electron chi connectivity index (χ3n) is 6.54. The van der Waals surface area contributed by atoms with Crippen LogP contribution in [0.2, 0.25) is 0 Å². The van der Waals surface area contributed by atoms with E-state index in [2.05, 4.69) is 59.9 Å². The van der Waals surface area contributed by atoms with Crippen molar-refractivity contribution in [3.8, 4) is 11.8 Å². The molecule has 2 nitrogen and oxygen atoms in total. The van der Waals surface area contributed by atoms with E-state index >= 15 is 0 Å². The van der Waals surface area contributed by atoms with Gasteiger partial charge in [0.05, 0.1) is 0 Å². The molecule has 0 aliphatic heterocycles. The van der Waals surface area contributed by atoms with Crippen LogP contribution in [0.25, 0.3) is 0 Å². The van der Waals surface area contributed by atoms with E-state index < -0.39 is 0 Å². The van der Waals surface area contributed by atoms with Gasteiger partial charge in [-0.1, -0.05) is 70.4 Å². The molecule has 30 heavy (non-hydrogen) atoms. The Labute approximate surface area is 183 Å². The fourth-order valence-corrected chi connectivity index (χ4v) is 4.55. The Morgan fingerprint density at radius 3 is 2.17 bits per heavy atom. The van der Waals surface area contributed by atoms with Gasteiger partial charge in [-0.3, -0.25) is 0 Å². The van der Waals surface area contributed by atoms with Crippen molar-refractivity contribution in [1.82, 2.24) is 9.97 Å². The predicted octanol–water partition coefficient (Wildman–Crippen LogP) is 7.46. The third kappa shape index (κ3) is 7.28. The maximum Gasteiger partial charge on any atom is 0.205 e. The average Bonchev–Trinajstić information content (AvgIpc) is 2.81. The monoisotopic (exact) mass is 402 g/mol. The van der Waals surface area contributed by atoms with Crippen molar-refractivity contribution in [2.75, 3.05) is 0 Å².